The van der Waals surface area contributed by atoms with E-state index in [1.807, 2.05) is 37.3 Å². The fraction of sp³-hybridized carbons (Fsp3) is 0.400. The van der Waals surface area contributed by atoms with Crippen molar-refractivity contribution in [3.05, 3.63) is 71.4 Å². The summed E-state index contributed by atoms with van der Waals surface area (Å²) < 4.78 is 40.6. The molecule has 0 aliphatic carbocycles. The van der Waals surface area contributed by atoms with E-state index < -0.39 is 17.7 Å². The average molecular weight is 460 g/mol. The van der Waals surface area contributed by atoms with Crippen LogP contribution in [-0.2, 0) is 11.3 Å². The topological polar surface area (TPSA) is 59.8 Å². The molecule has 0 saturated carbocycles. The summed E-state index contributed by atoms with van der Waals surface area (Å²) in [5, 5.41) is 15.0. The predicted octanol–water partition coefficient (Wildman–Crippen LogP) is 4.86. The third-order valence-electron chi connectivity index (χ3n) is 5.62. The summed E-state index contributed by atoms with van der Waals surface area (Å²) in [6.07, 6.45) is 0.210. The Morgan fingerprint density at radius 1 is 1.15 bits per heavy atom. The number of halogens is 2. The van der Waals surface area contributed by atoms with Gasteiger partial charge in [-0.05, 0) is 44.5 Å². The summed E-state index contributed by atoms with van der Waals surface area (Å²) >= 11 is 0. The molecule has 0 aliphatic heterocycles. The molecule has 3 aromatic rings. The molecule has 6 nitrogen and oxygen atoms in total. The minimum Gasteiger partial charge on any atom is -0.435 e. The van der Waals surface area contributed by atoms with Crippen molar-refractivity contribution >= 4 is 0 Å². The third kappa shape index (κ3) is 6.16. The molecule has 2 aromatic carbocycles. The molecule has 2 unspecified atom stereocenters. The fourth-order valence-corrected chi connectivity index (χ4v) is 3.61. The fourth-order valence-electron chi connectivity index (χ4n) is 3.61. The average Bonchev–Trinajstić information content (AvgIpc) is 3.10. The molecule has 1 N–H and O–H groups in total. The highest BCUT2D eigenvalue weighted by Gasteiger charge is 2.25. The van der Waals surface area contributed by atoms with Crippen molar-refractivity contribution in [2.45, 2.75) is 45.9 Å². The number of aliphatic hydroxyl groups excluding tert-OH is 1. The maximum atomic E-state index is 14.5. The van der Waals surface area contributed by atoms with Crippen LogP contribution in [0.25, 0.3) is 5.69 Å². The Hall–Kier alpha value is -2.81. The van der Waals surface area contributed by atoms with E-state index in [0.717, 1.165) is 29.8 Å². The van der Waals surface area contributed by atoms with Crippen LogP contribution in [0.5, 0.6) is 11.6 Å². The van der Waals surface area contributed by atoms with Gasteiger partial charge < -0.3 is 14.6 Å². The van der Waals surface area contributed by atoms with Gasteiger partial charge in [0.2, 0.25) is 5.88 Å². The van der Waals surface area contributed by atoms with E-state index in [-0.39, 0.29) is 18.4 Å². The molecule has 3 rings (SSSR count). The Kier molecular flexibility index (Phi) is 8.55. The normalized spacial score (nSPS) is 13.3. The Bertz CT molecular complexity index is 1040. The smallest absolute Gasteiger partial charge is 0.227 e. The monoisotopic (exact) mass is 459 g/mol. The summed E-state index contributed by atoms with van der Waals surface area (Å²) in [6, 6.07) is 12.8. The Balaban J connectivity index is 2.04. The molecule has 2 atom stereocenters. The second-order valence-corrected chi connectivity index (χ2v) is 8.09. The van der Waals surface area contributed by atoms with Crippen LogP contribution in [0.4, 0.5) is 8.78 Å². The molecule has 0 aliphatic rings. The van der Waals surface area contributed by atoms with Gasteiger partial charge in [0.1, 0.15) is 5.82 Å². The molecule has 1 aromatic heterocycles. The van der Waals surface area contributed by atoms with Gasteiger partial charge in [0.15, 0.2) is 11.6 Å². The van der Waals surface area contributed by atoms with Crippen LogP contribution in [0.15, 0.2) is 48.5 Å². The van der Waals surface area contributed by atoms with Crippen molar-refractivity contribution in [3.63, 3.8) is 0 Å². The van der Waals surface area contributed by atoms with E-state index >= 15 is 0 Å². The number of para-hydroxylation sites is 1. The summed E-state index contributed by atoms with van der Waals surface area (Å²) in [7, 11) is 1.55. The zero-order valence-electron chi connectivity index (χ0n) is 19.5. The van der Waals surface area contributed by atoms with Crippen LogP contribution < -0.4 is 4.74 Å². The molecule has 0 spiro atoms. The number of aliphatic hydroxyl groups is 1. The van der Waals surface area contributed by atoms with Gasteiger partial charge in [-0.25, -0.2) is 13.5 Å². The SMILES string of the molecule is CCC(C)N(Cc1c(C)nn(-c2ccccc2)c1Oc1ccc(F)cc1F)CC(O)COC. The summed E-state index contributed by atoms with van der Waals surface area (Å²) in [4.78, 5) is 2.12. The molecule has 0 fully saturated rings. The van der Waals surface area contributed by atoms with Crippen molar-refractivity contribution in [3.8, 4) is 17.3 Å². The highest BCUT2D eigenvalue weighted by atomic mass is 19.1. The number of aryl methyl sites for hydroxylation is 1. The van der Waals surface area contributed by atoms with Gasteiger partial charge in [0, 0.05) is 32.3 Å². The Labute approximate surface area is 193 Å². The van der Waals surface area contributed by atoms with Gasteiger partial charge in [0.05, 0.1) is 29.7 Å². The van der Waals surface area contributed by atoms with Gasteiger partial charge >= 0.3 is 0 Å². The first kappa shape index (κ1) is 24.8. The van der Waals surface area contributed by atoms with Crippen molar-refractivity contribution < 1.29 is 23.4 Å². The van der Waals surface area contributed by atoms with Gasteiger partial charge in [-0.1, -0.05) is 25.1 Å². The molecule has 0 amide bonds. The first-order chi connectivity index (χ1) is 15.8. The van der Waals surface area contributed by atoms with E-state index in [4.69, 9.17) is 9.47 Å². The second-order valence-electron chi connectivity index (χ2n) is 8.09. The largest absolute Gasteiger partial charge is 0.435 e. The van der Waals surface area contributed by atoms with Crippen LogP contribution in [0.2, 0.25) is 0 Å². The van der Waals surface area contributed by atoms with Crippen molar-refractivity contribution in [1.29, 1.82) is 0 Å². The first-order valence-corrected chi connectivity index (χ1v) is 11.0. The molecular weight excluding hydrogens is 428 g/mol. The highest BCUT2D eigenvalue weighted by molar-refractivity contribution is 5.43. The van der Waals surface area contributed by atoms with Gasteiger partial charge in [0.25, 0.3) is 0 Å². The number of ether oxygens (including phenoxy) is 2. The number of rotatable bonds is 11. The van der Waals surface area contributed by atoms with Gasteiger partial charge in [-0.3, -0.25) is 4.90 Å². The zero-order chi connectivity index (χ0) is 24.0. The van der Waals surface area contributed by atoms with E-state index in [2.05, 4.69) is 23.8 Å². The minimum atomic E-state index is -0.797. The second kappa shape index (κ2) is 11.4. The molecule has 0 saturated heterocycles. The summed E-state index contributed by atoms with van der Waals surface area (Å²) in [5.74, 6) is -1.22. The van der Waals surface area contributed by atoms with Gasteiger partial charge in [-0.15, -0.1) is 0 Å². The number of aromatic nitrogens is 2. The molecule has 1 heterocycles. The van der Waals surface area contributed by atoms with E-state index in [9.17, 15) is 13.9 Å². The summed E-state index contributed by atoms with van der Waals surface area (Å²) in [6.45, 7) is 7.06. The van der Waals surface area contributed by atoms with E-state index in [0.29, 0.717) is 24.7 Å². The number of methoxy groups -OCH3 is 1. The van der Waals surface area contributed by atoms with Crippen LogP contribution in [0.1, 0.15) is 31.5 Å². The van der Waals surface area contributed by atoms with Crippen molar-refractivity contribution in [2.24, 2.45) is 0 Å². The standard InChI is InChI=1S/C25H31F2N3O3/c1-5-17(2)29(14-21(31)16-32-4)15-22-18(3)28-30(20-9-7-6-8-10-20)25(22)33-24-12-11-19(26)13-23(24)27/h6-13,17,21,31H,5,14-16H2,1-4H3. The van der Waals surface area contributed by atoms with Crippen LogP contribution in [-0.4, -0.2) is 52.2 Å². The Morgan fingerprint density at radius 2 is 1.88 bits per heavy atom. The highest BCUT2D eigenvalue weighted by Crippen LogP contribution is 2.33. The molecule has 178 valence electrons. The van der Waals surface area contributed by atoms with Crippen LogP contribution >= 0.6 is 0 Å². The minimum absolute atomic E-state index is 0.0933. The predicted molar refractivity (Wildman–Crippen MR) is 123 cm³/mol. The zero-order valence-corrected chi connectivity index (χ0v) is 19.5. The maximum Gasteiger partial charge on any atom is 0.227 e. The van der Waals surface area contributed by atoms with Crippen molar-refractivity contribution in [1.82, 2.24) is 14.7 Å². The third-order valence-corrected chi connectivity index (χ3v) is 5.62. The van der Waals surface area contributed by atoms with E-state index in [1.54, 1.807) is 11.8 Å². The van der Waals surface area contributed by atoms with Crippen molar-refractivity contribution in [2.75, 3.05) is 20.3 Å². The lowest BCUT2D eigenvalue weighted by atomic mass is 10.1. The molecule has 33 heavy (non-hydrogen) atoms. The molecular formula is C25H31F2N3O3. The lowest BCUT2D eigenvalue weighted by Crippen LogP contribution is -2.40. The van der Waals surface area contributed by atoms with E-state index in [1.165, 1.54) is 6.07 Å². The van der Waals surface area contributed by atoms with Crippen LogP contribution in [0, 0.1) is 18.6 Å². The number of benzene rings is 2. The van der Waals surface area contributed by atoms with Crippen LogP contribution in [0.3, 0.4) is 0 Å². The molecule has 0 radical (unpaired) electrons. The quantitative estimate of drug-likeness (QED) is 0.444. The number of hydrogen-bond acceptors (Lipinski definition) is 5. The number of nitrogens with zero attached hydrogens (tertiary/aromatic N) is 3. The first-order valence-electron chi connectivity index (χ1n) is 11.0. The lowest BCUT2D eigenvalue weighted by Gasteiger charge is -2.30. The molecule has 8 heteroatoms. The molecule has 0 bridgehead atoms. The van der Waals surface area contributed by atoms with Gasteiger partial charge in [-0.2, -0.15) is 5.10 Å². The summed E-state index contributed by atoms with van der Waals surface area (Å²) in [5.41, 5.74) is 2.22. The Morgan fingerprint density at radius 3 is 2.52 bits per heavy atom. The maximum absolute atomic E-state index is 14.5. The number of hydrogen-bond donors (Lipinski definition) is 1. The lowest BCUT2D eigenvalue weighted by molar-refractivity contribution is 0.0252.